The van der Waals surface area contributed by atoms with Crippen molar-refractivity contribution in [1.29, 1.82) is 0 Å². The Hall–Kier alpha value is -3.28. The maximum absolute atomic E-state index is 12.6. The molecule has 0 aliphatic rings. The predicted octanol–water partition coefficient (Wildman–Crippen LogP) is 3.53. The van der Waals surface area contributed by atoms with Gasteiger partial charge in [-0.25, -0.2) is 4.79 Å². The van der Waals surface area contributed by atoms with Crippen molar-refractivity contribution in [1.82, 2.24) is 4.98 Å². The Morgan fingerprint density at radius 2 is 1.65 bits per heavy atom. The average molecular weight is 353 g/mol. The quantitative estimate of drug-likeness (QED) is 0.542. The molecule has 1 N–H and O–H groups in total. The number of benzene rings is 2. The molecule has 0 amide bonds. The summed E-state index contributed by atoms with van der Waals surface area (Å²) in [4.78, 5) is 28.0. The van der Waals surface area contributed by atoms with Crippen molar-refractivity contribution < 1.29 is 23.8 Å². The number of nitrogens with one attached hydrogen (secondary N) is 1. The van der Waals surface area contributed by atoms with Crippen LogP contribution in [0.15, 0.2) is 42.5 Å². The van der Waals surface area contributed by atoms with E-state index in [4.69, 9.17) is 14.2 Å². The van der Waals surface area contributed by atoms with Crippen LogP contribution >= 0.6 is 0 Å². The minimum absolute atomic E-state index is 0.254. The third-order valence-corrected chi connectivity index (χ3v) is 4.09. The average Bonchev–Trinajstić information content (AvgIpc) is 3.01. The molecule has 0 saturated heterocycles. The Balaban J connectivity index is 1.77. The van der Waals surface area contributed by atoms with Crippen molar-refractivity contribution >= 4 is 22.7 Å². The fourth-order valence-electron chi connectivity index (χ4n) is 2.85. The van der Waals surface area contributed by atoms with E-state index in [1.807, 2.05) is 31.2 Å². The molecule has 0 fully saturated rings. The second kappa shape index (κ2) is 7.31. The number of aromatic nitrogens is 1. The third-order valence-electron chi connectivity index (χ3n) is 4.09. The summed E-state index contributed by atoms with van der Waals surface area (Å²) in [6, 6.07) is 12.2. The van der Waals surface area contributed by atoms with Crippen LogP contribution in [0, 0.1) is 6.92 Å². The van der Waals surface area contributed by atoms with E-state index >= 15 is 0 Å². The molecule has 0 saturated carbocycles. The molecular formula is C20H19NO5. The highest BCUT2D eigenvalue weighted by Gasteiger charge is 2.18. The molecule has 0 spiro atoms. The van der Waals surface area contributed by atoms with Crippen LogP contribution in [0.1, 0.15) is 26.4 Å². The Labute approximate surface area is 150 Å². The van der Waals surface area contributed by atoms with Gasteiger partial charge in [-0.3, -0.25) is 4.79 Å². The molecule has 0 aliphatic heterocycles. The lowest BCUT2D eigenvalue weighted by molar-refractivity contribution is 0.0474. The number of para-hydroxylation sites is 1. The molecule has 0 radical (unpaired) electrons. The number of aryl methyl sites for hydroxylation is 1. The van der Waals surface area contributed by atoms with Crippen molar-refractivity contribution in [3.05, 3.63) is 59.3 Å². The summed E-state index contributed by atoms with van der Waals surface area (Å²) < 4.78 is 15.5. The molecule has 0 bridgehead atoms. The predicted molar refractivity (Wildman–Crippen MR) is 97.2 cm³/mol. The second-order valence-electron chi connectivity index (χ2n) is 5.77. The van der Waals surface area contributed by atoms with Crippen molar-refractivity contribution in [3.8, 4) is 11.5 Å². The van der Waals surface area contributed by atoms with E-state index in [1.165, 1.54) is 26.4 Å². The van der Waals surface area contributed by atoms with Crippen LogP contribution in [-0.4, -0.2) is 37.6 Å². The maximum atomic E-state index is 12.6. The van der Waals surface area contributed by atoms with Gasteiger partial charge >= 0.3 is 5.97 Å². The van der Waals surface area contributed by atoms with Crippen LogP contribution < -0.4 is 9.47 Å². The van der Waals surface area contributed by atoms with E-state index in [0.29, 0.717) is 17.1 Å². The fourth-order valence-corrected chi connectivity index (χ4v) is 2.85. The standard InChI is InChI=1S/C20H19NO5/c1-12-19(16-6-4-5-7-17(16)21-12)18(22)11-26-20(23)13-8-14(24-2)10-15(9-13)25-3/h4-10,21H,11H2,1-3H3. The Morgan fingerprint density at radius 1 is 1.00 bits per heavy atom. The van der Waals surface area contributed by atoms with E-state index in [1.54, 1.807) is 6.07 Å². The highest BCUT2D eigenvalue weighted by molar-refractivity contribution is 6.10. The van der Waals surface area contributed by atoms with Crippen molar-refractivity contribution in [2.24, 2.45) is 0 Å². The number of ketones is 1. The maximum Gasteiger partial charge on any atom is 0.338 e. The highest BCUT2D eigenvalue weighted by Crippen LogP contribution is 2.24. The second-order valence-corrected chi connectivity index (χ2v) is 5.77. The van der Waals surface area contributed by atoms with Gasteiger partial charge in [-0.05, 0) is 25.1 Å². The summed E-state index contributed by atoms with van der Waals surface area (Å²) in [5.41, 5.74) is 2.41. The van der Waals surface area contributed by atoms with Gasteiger partial charge in [-0.15, -0.1) is 0 Å². The molecule has 134 valence electrons. The summed E-state index contributed by atoms with van der Waals surface area (Å²) in [5.74, 6) is 0.0569. The number of hydrogen-bond donors (Lipinski definition) is 1. The molecule has 6 nitrogen and oxygen atoms in total. The largest absolute Gasteiger partial charge is 0.497 e. The molecule has 1 aromatic heterocycles. The van der Waals surface area contributed by atoms with Gasteiger partial charge in [-0.1, -0.05) is 18.2 Å². The highest BCUT2D eigenvalue weighted by atomic mass is 16.5. The lowest BCUT2D eigenvalue weighted by Gasteiger charge is -2.08. The topological polar surface area (TPSA) is 77.6 Å². The zero-order valence-corrected chi connectivity index (χ0v) is 14.8. The van der Waals surface area contributed by atoms with E-state index in [0.717, 1.165) is 16.6 Å². The molecule has 2 aromatic carbocycles. The molecule has 26 heavy (non-hydrogen) atoms. The number of rotatable bonds is 6. The summed E-state index contributed by atoms with van der Waals surface area (Å²) in [5, 5.41) is 0.814. The van der Waals surface area contributed by atoms with Crippen LogP contribution in [0.25, 0.3) is 10.9 Å². The van der Waals surface area contributed by atoms with Gasteiger partial charge in [0.05, 0.1) is 19.8 Å². The Kier molecular flexibility index (Phi) is 4.93. The van der Waals surface area contributed by atoms with Gasteiger partial charge in [0.1, 0.15) is 11.5 Å². The number of aromatic amines is 1. The lowest BCUT2D eigenvalue weighted by atomic mass is 10.1. The van der Waals surface area contributed by atoms with Gasteiger partial charge < -0.3 is 19.2 Å². The molecule has 3 rings (SSSR count). The van der Waals surface area contributed by atoms with E-state index < -0.39 is 5.97 Å². The summed E-state index contributed by atoms with van der Waals surface area (Å²) in [6.07, 6.45) is 0. The lowest BCUT2D eigenvalue weighted by Crippen LogP contribution is -2.15. The van der Waals surface area contributed by atoms with E-state index in [9.17, 15) is 9.59 Å². The Bertz CT molecular complexity index is 951. The summed E-state index contributed by atoms with van der Waals surface area (Å²) in [7, 11) is 2.99. The molecule has 0 atom stereocenters. The zero-order valence-electron chi connectivity index (χ0n) is 14.8. The van der Waals surface area contributed by atoms with Crippen molar-refractivity contribution in [2.75, 3.05) is 20.8 Å². The molecule has 1 heterocycles. The smallest absolute Gasteiger partial charge is 0.338 e. The first-order chi connectivity index (χ1) is 12.5. The third kappa shape index (κ3) is 3.39. The van der Waals surface area contributed by atoms with Crippen LogP contribution in [-0.2, 0) is 4.74 Å². The number of methoxy groups -OCH3 is 2. The molecule has 0 aliphatic carbocycles. The van der Waals surface area contributed by atoms with Gasteiger partial charge in [0, 0.05) is 28.2 Å². The Morgan fingerprint density at radius 3 is 2.31 bits per heavy atom. The number of carbonyl (C=O) groups excluding carboxylic acids is 2. The molecular weight excluding hydrogens is 334 g/mol. The number of hydrogen-bond acceptors (Lipinski definition) is 5. The number of esters is 1. The van der Waals surface area contributed by atoms with Crippen LogP contribution in [0.3, 0.4) is 0 Å². The van der Waals surface area contributed by atoms with E-state index in [-0.39, 0.29) is 18.0 Å². The monoisotopic (exact) mass is 353 g/mol. The molecule has 3 aromatic rings. The SMILES string of the molecule is COc1cc(OC)cc(C(=O)OCC(=O)c2c(C)[nH]c3ccccc23)c1. The van der Waals surface area contributed by atoms with Crippen LogP contribution in [0.2, 0.25) is 0 Å². The van der Waals surface area contributed by atoms with Crippen molar-refractivity contribution in [3.63, 3.8) is 0 Å². The minimum Gasteiger partial charge on any atom is -0.497 e. The first kappa shape index (κ1) is 17.5. The number of fused-ring (bicyclic) bond motifs is 1. The molecule has 6 heteroatoms. The summed E-state index contributed by atoms with van der Waals surface area (Å²) >= 11 is 0. The van der Waals surface area contributed by atoms with Gasteiger partial charge in [0.15, 0.2) is 6.61 Å². The van der Waals surface area contributed by atoms with Gasteiger partial charge in [0.25, 0.3) is 0 Å². The normalized spacial score (nSPS) is 10.6. The first-order valence-electron chi connectivity index (χ1n) is 8.04. The van der Waals surface area contributed by atoms with Gasteiger partial charge in [0.2, 0.25) is 5.78 Å². The number of carbonyl (C=O) groups is 2. The molecule has 0 unspecified atom stereocenters. The van der Waals surface area contributed by atoms with E-state index in [2.05, 4.69) is 4.98 Å². The first-order valence-corrected chi connectivity index (χ1v) is 8.04. The summed E-state index contributed by atoms with van der Waals surface area (Å²) in [6.45, 7) is 1.48. The fraction of sp³-hybridized carbons (Fsp3) is 0.200. The van der Waals surface area contributed by atoms with Crippen molar-refractivity contribution in [2.45, 2.75) is 6.92 Å². The van der Waals surface area contributed by atoms with Gasteiger partial charge in [-0.2, -0.15) is 0 Å². The van der Waals surface area contributed by atoms with Crippen LogP contribution in [0.4, 0.5) is 0 Å². The van der Waals surface area contributed by atoms with Crippen LogP contribution in [0.5, 0.6) is 11.5 Å². The minimum atomic E-state index is -0.618. The zero-order chi connectivity index (χ0) is 18.7. The number of H-pyrrole nitrogens is 1. The number of ether oxygens (including phenoxy) is 3. The number of Topliss-reactive ketones (excluding diaryl/α,β-unsaturated/α-hetero) is 1.